The Bertz CT molecular complexity index is 337. The van der Waals surface area contributed by atoms with Crippen molar-refractivity contribution in [2.24, 2.45) is 5.73 Å². The Kier molecular flexibility index (Phi) is 3.88. The molecule has 4 heteroatoms. The highest BCUT2D eigenvalue weighted by Gasteiger charge is 2.20. The molecule has 1 aromatic heterocycles. The normalized spacial score (nSPS) is 20.6. The van der Waals surface area contributed by atoms with Gasteiger partial charge < -0.3 is 10.5 Å². The molecule has 16 heavy (non-hydrogen) atoms. The number of hydrogen-bond donors (Lipinski definition) is 1. The summed E-state index contributed by atoms with van der Waals surface area (Å²) in [5.41, 5.74) is 7.61. The van der Waals surface area contributed by atoms with E-state index in [-0.39, 0.29) is 0 Å². The summed E-state index contributed by atoms with van der Waals surface area (Å²) in [6.07, 6.45) is 1.12. The van der Waals surface area contributed by atoms with Crippen molar-refractivity contribution >= 4 is 0 Å². The first-order chi connectivity index (χ1) is 7.79. The lowest BCUT2D eigenvalue weighted by Gasteiger charge is -2.22. The third-order valence-corrected chi connectivity index (χ3v) is 3.01. The van der Waals surface area contributed by atoms with Crippen molar-refractivity contribution in [1.29, 1.82) is 0 Å². The van der Waals surface area contributed by atoms with Gasteiger partial charge >= 0.3 is 0 Å². The summed E-state index contributed by atoms with van der Waals surface area (Å²) in [7, 11) is 2.12. The van der Waals surface area contributed by atoms with Crippen molar-refractivity contribution in [2.75, 3.05) is 20.3 Å². The summed E-state index contributed by atoms with van der Waals surface area (Å²) in [5, 5.41) is 0. The molecular formula is C12H19N3O. The van der Waals surface area contributed by atoms with E-state index in [0.717, 1.165) is 37.6 Å². The van der Waals surface area contributed by atoms with Crippen LogP contribution in [0.5, 0.6) is 0 Å². The van der Waals surface area contributed by atoms with E-state index in [1.165, 1.54) is 0 Å². The Morgan fingerprint density at radius 3 is 3.00 bits per heavy atom. The second-order valence-electron chi connectivity index (χ2n) is 4.26. The molecule has 88 valence electrons. The van der Waals surface area contributed by atoms with E-state index in [1.807, 2.05) is 18.2 Å². The number of hydrogen-bond acceptors (Lipinski definition) is 4. The number of aromatic nitrogens is 1. The van der Waals surface area contributed by atoms with E-state index in [1.54, 1.807) is 0 Å². The third-order valence-electron chi connectivity index (χ3n) is 3.01. The summed E-state index contributed by atoms with van der Waals surface area (Å²) in [6.45, 7) is 3.09. The summed E-state index contributed by atoms with van der Waals surface area (Å²) in [6, 6.07) is 6.56. The fraction of sp³-hybridized carbons (Fsp3) is 0.583. The molecule has 2 N–H and O–H groups in total. The lowest BCUT2D eigenvalue weighted by Crippen LogP contribution is -2.31. The van der Waals surface area contributed by atoms with Crippen molar-refractivity contribution in [3.05, 3.63) is 29.6 Å². The quantitative estimate of drug-likeness (QED) is 0.815. The van der Waals surface area contributed by atoms with Gasteiger partial charge in [-0.3, -0.25) is 9.88 Å². The minimum absolute atomic E-state index is 0.504. The maximum absolute atomic E-state index is 5.58. The predicted octanol–water partition coefficient (Wildman–Crippen LogP) is 0.761. The minimum atomic E-state index is 0.504. The van der Waals surface area contributed by atoms with Crippen LogP contribution < -0.4 is 5.73 Å². The summed E-state index contributed by atoms with van der Waals surface area (Å²) in [5.74, 6) is 0. The number of pyridine rings is 1. The van der Waals surface area contributed by atoms with E-state index < -0.39 is 0 Å². The predicted molar refractivity (Wildman–Crippen MR) is 62.8 cm³/mol. The molecule has 2 rings (SSSR count). The number of likely N-dealkylation sites (N-methyl/N-ethyl adjacent to an activating group) is 1. The van der Waals surface area contributed by atoms with E-state index >= 15 is 0 Å². The first-order valence-electron chi connectivity index (χ1n) is 5.72. The average molecular weight is 221 g/mol. The number of rotatable bonds is 4. The zero-order chi connectivity index (χ0) is 11.4. The van der Waals surface area contributed by atoms with Crippen LogP contribution in [0, 0.1) is 0 Å². The zero-order valence-corrected chi connectivity index (χ0v) is 9.72. The van der Waals surface area contributed by atoms with E-state index in [4.69, 9.17) is 10.5 Å². The maximum atomic E-state index is 5.58. The summed E-state index contributed by atoms with van der Waals surface area (Å²) in [4.78, 5) is 6.80. The van der Waals surface area contributed by atoms with Gasteiger partial charge in [0.25, 0.3) is 0 Å². The number of ether oxygens (including phenoxy) is 1. The molecule has 1 aliphatic rings. The molecule has 0 bridgehead atoms. The molecule has 4 nitrogen and oxygen atoms in total. The van der Waals surface area contributed by atoms with Crippen molar-refractivity contribution in [1.82, 2.24) is 9.88 Å². The minimum Gasteiger partial charge on any atom is -0.380 e. The Morgan fingerprint density at radius 1 is 1.50 bits per heavy atom. The lowest BCUT2D eigenvalue weighted by molar-refractivity contribution is 0.155. The van der Waals surface area contributed by atoms with E-state index in [2.05, 4.69) is 16.9 Å². The largest absolute Gasteiger partial charge is 0.380 e. The fourth-order valence-electron chi connectivity index (χ4n) is 1.99. The van der Waals surface area contributed by atoms with E-state index in [9.17, 15) is 0 Å². The maximum Gasteiger partial charge on any atom is 0.0622 e. The van der Waals surface area contributed by atoms with Crippen LogP contribution in [0.15, 0.2) is 18.2 Å². The second kappa shape index (κ2) is 5.39. The van der Waals surface area contributed by atoms with Gasteiger partial charge in [0.15, 0.2) is 0 Å². The molecule has 1 unspecified atom stereocenters. The van der Waals surface area contributed by atoms with Gasteiger partial charge in [-0.15, -0.1) is 0 Å². The highest BCUT2D eigenvalue weighted by atomic mass is 16.5. The van der Waals surface area contributed by atoms with Gasteiger partial charge in [-0.05, 0) is 25.6 Å². The molecule has 1 aromatic rings. The van der Waals surface area contributed by atoms with Crippen molar-refractivity contribution in [2.45, 2.75) is 25.6 Å². The molecule has 0 aliphatic carbocycles. The van der Waals surface area contributed by atoms with Crippen molar-refractivity contribution in [3.8, 4) is 0 Å². The smallest absolute Gasteiger partial charge is 0.0622 e. The van der Waals surface area contributed by atoms with Crippen molar-refractivity contribution < 1.29 is 4.74 Å². The van der Waals surface area contributed by atoms with Gasteiger partial charge in [-0.2, -0.15) is 0 Å². The lowest BCUT2D eigenvalue weighted by atomic mass is 10.2. The molecule has 0 aromatic carbocycles. The van der Waals surface area contributed by atoms with Crippen LogP contribution in [0.25, 0.3) is 0 Å². The molecule has 0 amide bonds. The Labute approximate surface area is 96.4 Å². The highest BCUT2D eigenvalue weighted by molar-refractivity contribution is 5.11. The van der Waals surface area contributed by atoms with Crippen LogP contribution in [-0.2, 0) is 17.8 Å². The highest BCUT2D eigenvalue weighted by Crippen LogP contribution is 2.13. The Balaban J connectivity index is 1.96. The van der Waals surface area contributed by atoms with Gasteiger partial charge in [0.2, 0.25) is 0 Å². The summed E-state index contributed by atoms with van der Waals surface area (Å²) >= 11 is 0. The number of nitrogens with zero attached hydrogens (tertiary/aromatic N) is 2. The van der Waals surface area contributed by atoms with Crippen LogP contribution in [0.2, 0.25) is 0 Å². The molecule has 1 aliphatic heterocycles. The van der Waals surface area contributed by atoms with Gasteiger partial charge in [0.05, 0.1) is 18.0 Å². The fourth-order valence-corrected chi connectivity index (χ4v) is 1.99. The van der Waals surface area contributed by atoms with Crippen LogP contribution in [-0.4, -0.2) is 36.2 Å². The molecule has 1 saturated heterocycles. The Hall–Kier alpha value is -0.970. The SMILES string of the molecule is CN(Cc1cccc(CN)n1)C1CCOC1. The standard InChI is InChI=1S/C12H19N3O/c1-15(12-5-6-16-9-12)8-11-4-2-3-10(7-13)14-11/h2-4,12H,5-9,13H2,1H3. The number of nitrogens with two attached hydrogens (primary N) is 1. The van der Waals surface area contributed by atoms with Crippen molar-refractivity contribution in [3.63, 3.8) is 0 Å². The van der Waals surface area contributed by atoms with E-state index in [0.29, 0.717) is 12.6 Å². The summed E-state index contributed by atoms with van der Waals surface area (Å²) < 4.78 is 5.38. The first-order valence-corrected chi connectivity index (χ1v) is 5.72. The van der Waals surface area contributed by atoms with Gasteiger partial charge in [-0.1, -0.05) is 6.07 Å². The monoisotopic (exact) mass is 221 g/mol. The zero-order valence-electron chi connectivity index (χ0n) is 9.72. The van der Waals surface area contributed by atoms with Gasteiger partial charge in [-0.25, -0.2) is 0 Å². The Morgan fingerprint density at radius 2 is 2.31 bits per heavy atom. The van der Waals surface area contributed by atoms with Gasteiger partial charge in [0, 0.05) is 25.7 Å². The molecule has 0 saturated carbocycles. The van der Waals surface area contributed by atoms with Crippen LogP contribution in [0.1, 0.15) is 17.8 Å². The van der Waals surface area contributed by atoms with Crippen LogP contribution in [0.3, 0.4) is 0 Å². The molecule has 0 radical (unpaired) electrons. The first kappa shape index (κ1) is 11.5. The average Bonchev–Trinajstić information content (AvgIpc) is 2.83. The van der Waals surface area contributed by atoms with Crippen LogP contribution in [0.4, 0.5) is 0 Å². The molecule has 1 atom stereocenters. The van der Waals surface area contributed by atoms with Gasteiger partial charge in [0.1, 0.15) is 0 Å². The third kappa shape index (κ3) is 2.78. The topological polar surface area (TPSA) is 51.4 Å². The van der Waals surface area contributed by atoms with Crippen LogP contribution >= 0.6 is 0 Å². The molecular weight excluding hydrogens is 202 g/mol. The second-order valence-corrected chi connectivity index (χ2v) is 4.26. The molecule has 1 fully saturated rings. The molecule has 0 spiro atoms. The molecule has 2 heterocycles.